The minimum Gasteiger partial charge on any atom is -0.508 e. The topological polar surface area (TPSA) is 44.6 Å². The fraction of sp³-hybridized carbons (Fsp3) is 0.438. The predicted molar refractivity (Wildman–Crippen MR) is 79.9 cm³/mol. The third kappa shape index (κ3) is 3.90. The summed E-state index contributed by atoms with van der Waals surface area (Å²) in [6.45, 7) is 3.80. The van der Waals surface area contributed by atoms with Gasteiger partial charge in [0.2, 0.25) is 0 Å². The van der Waals surface area contributed by atoms with Crippen molar-refractivity contribution in [2.75, 3.05) is 0 Å². The van der Waals surface area contributed by atoms with Crippen molar-refractivity contribution in [2.45, 2.75) is 45.3 Å². The van der Waals surface area contributed by atoms with Crippen LogP contribution in [0.5, 0.6) is 5.75 Å². The predicted octanol–water partition coefficient (Wildman–Crippen LogP) is 3.13. The van der Waals surface area contributed by atoms with E-state index in [0.717, 1.165) is 12.8 Å². The molecule has 0 aliphatic heterocycles. The molecular weight excluding hydrogens is 255 g/mol. The fourth-order valence-electron chi connectivity index (χ4n) is 2.54. The number of hydrogen-bond acceptors (Lipinski definition) is 3. The lowest BCUT2D eigenvalue weighted by atomic mass is 10.1. The van der Waals surface area contributed by atoms with E-state index >= 15 is 0 Å². The Bertz CT molecular complexity index is 525. The van der Waals surface area contributed by atoms with Gasteiger partial charge in [-0.3, -0.25) is 10.3 Å². The van der Waals surface area contributed by atoms with Gasteiger partial charge in [0.15, 0.2) is 0 Å². The molecule has 0 aromatic heterocycles. The van der Waals surface area contributed by atoms with Crippen LogP contribution in [0.25, 0.3) is 0 Å². The number of benzene rings is 1. The Morgan fingerprint density at radius 3 is 3.00 bits per heavy atom. The standard InChI is InChI=1S/C16H21FN2O/c1-3-4-14(17)10-18-11(2)19-15-7-12-5-6-16(20)9-13(12)8-15/h4-6,9-11,15,19-20H,3,7-8H2,1-2H3/b14-4+,18-10?/t11?,15-/m1/s1. The number of rotatable bonds is 5. The molecule has 0 heterocycles. The van der Waals surface area contributed by atoms with Crippen LogP contribution in [0.1, 0.15) is 31.4 Å². The quantitative estimate of drug-likeness (QED) is 0.812. The second kappa shape index (κ2) is 6.66. The summed E-state index contributed by atoms with van der Waals surface area (Å²) < 4.78 is 13.2. The van der Waals surface area contributed by atoms with E-state index in [-0.39, 0.29) is 18.0 Å². The number of hydrogen-bond donors (Lipinski definition) is 2. The van der Waals surface area contributed by atoms with Gasteiger partial charge in [0, 0.05) is 6.04 Å². The van der Waals surface area contributed by atoms with Crippen molar-refractivity contribution < 1.29 is 9.50 Å². The lowest BCUT2D eigenvalue weighted by molar-refractivity contribution is 0.465. The van der Waals surface area contributed by atoms with Gasteiger partial charge < -0.3 is 5.11 Å². The smallest absolute Gasteiger partial charge is 0.137 e. The fourth-order valence-corrected chi connectivity index (χ4v) is 2.54. The summed E-state index contributed by atoms with van der Waals surface area (Å²) in [6, 6.07) is 5.78. The molecule has 0 bridgehead atoms. The van der Waals surface area contributed by atoms with Gasteiger partial charge in [-0.25, -0.2) is 4.39 Å². The first kappa shape index (κ1) is 14.7. The highest BCUT2D eigenvalue weighted by atomic mass is 19.1. The number of aliphatic imine (C=N–C) groups is 1. The molecule has 1 aromatic carbocycles. The molecule has 4 heteroatoms. The maximum Gasteiger partial charge on any atom is 0.137 e. The number of nitrogens with one attached hydrogen (secondary N) is 1. The molecule has 0 radical (unpaired) electrons. The Hall–Kier alpha value is -1.68. The van der Waals surface area contributed by atoms with Crippen LogP contribution in [0.15, 0.2) is 35.1 Å². The highest BCUT2D eigenvalue weighted by molar-refractivity contribution is 5.75. The molecule has 1 aliphatic carbocycles. The van der Waals surface area contributed by atoms with Crippen LogP contribution in [0, 0.1) is 0 Å². The number of nitrogens with zero attached hydrogens (tertiary/aromatic N) is 1. The molecule has 2 rings (SSSR count). The van der Waals surface area contributed by atoms with Crippen molar-refractivity contribution in [1.29, 1.82) is 0 Å². The molecule has 1 aromatic rings. The Morgan fingerprint density at radius 2 is 2.25 bits per heavy atom. The van der Waals surface area contributed by atoms with E-state index in [9.17, 15) is 9.50 Å². The van der Waals surface area contributed by atoms with Crippen LogP contribution in [0.2, 0.25) is 0 Å². The van der Waals surface area contributed by atoms with Crippen LogP contribution in [0.3, 0.4) is 0 Å². The highest BCUT2D eigenvalue weighted by Gasteiger charge is 2.22. The maximum atomic E-state index is 13.2. The number of allylic oxidation sites excluding steroid dienone is 2. The summed E-state index contributed by atoms with van der Waals surface area (Å²) in [6.07, 6.45) is 5.11. The van der Waals surface area contributed by atoms with Gasteiger partial charge in [0.1, 0.15) is 11.6 Å². The second-order valence-corrected chi connectivity index (χ2v) is 5.18. The number of halogens is 1. The third-order valence-electron chi connectivity index (χ3n) is 3.42. The number of phenolic OH excluding ortho intramolecular Hbond substituents is 1. The van der Waals surface area contributed by atoms with Gasteiger partial charge in [-0.15, -0.1) is 0 Å². The van der Waals surface area contributed by atoms with E-state index in [1.807, 2.05) is 26.0 Å². The van der Waals surface area contributed by atoms with E-state index < -0.39 is 0 Å². The molecule has 1 unspecified atom stereocenters. The molecule has 0 fully saturated rings. The van der Waals surface area contributed by atoms with Crippen LogP contribution < -0.4 is 5.32 Å². The number of aromatic hydroxyl groups is 1. The Morgan fingerprint density at radius 1 is 1.50 bits per heavy atom. The summed E-state index contributed by atoms with van der Waals surface area (Å²) in [4.78, 5) is 4.16. The molecule has 108 valence electrons. The molecule has 2 atom stereocenters. The van der Waals surface area contributed by atoms with E-state index in [1.165, 1.54) is 23.4 Å². The zero-order valence-corrected chi connectivity index (χ0v) is 11.9. The first-order valence-corrected chi connectivity index (χ1v) is 7.04. The first-order chi connectivity index (χ1) is 9.58. The van der Waals surface area contributed by atoms with Crippen molar-refractivity contribution in [3.05, 3.63) is 41.2 Å². The van der Waals surface area contributed by atoms with E-state index in [0.29, 0.717) is 12.2 Å². The van der Waals surface area contributed by atoms with Crippen LogP contribution in [0.4, 0.5) is 4.39 Å². The monoisotopic (exact) mass is 276 g/mol. The van der Waals surface area contributed by atoms with Gasteiger partial charge in [0.25, 0.3) is 0 Å². The summed E-state index contributed by atoms with van der Waals surface area (Å²) in [5.74, 6) is 0.0167. The van der Waals surface area contributed by atoms with Crippen molar-refractivity contribution in [1.82, 2.24) is 5.32 Å². The van der Waals surface area contributed by atoms with E-state index in [1.54, 1.807) is 6.07 Å². The number of fused-ring (bicyclic) bond motifs is 1. The van der Waals surface area contributed by atoms with Gasteiger partial charge in [0.05, 0.1) is 12.4 Å². The van der Waals surface area contributed by atoms with Crippen molar-refractivity contribution in [3.63, 3.8) is 0 Å². The van der Waals surface area contributed by atoms with Crippen molar-refractivity contribution >= 4 is 6.21 Å². The van der Waals surface area contributed by atoms with Gasteiger partial charge in [-0.2, -0.15) is 0 Å². The minimum absolute atomic E-state index is 0.126. The summed E-state index contributed by atoms with van der Waals surface area (Å²) >= 11 is 0. The van der Waals surface area contributed by atoms with Crippen molar-refractivity contribution in [3.8, 4) is 5.75 Å². The van der Waals surface area contributed by atoms with Crippen LogP contribution in [-0.4, -0.2) is 23.5 Å². The van der Waals surface area contributed by atoms with Gasteiger partial charge in [-0.1, -0.05) is 13.0 Å². The minimum atomic E-state index is -0.291. The Labute approximate surface area is 119 Å². The summed E-state index contributed by atoms with van der Waals surface area (Å²) in [5, 5.41) is 12.8. The van der Waals surface area contributed by atoms with Crippen molar-refractivity contribution in [2.24, 2.45) is 4.99 Å². The molecular formula is C16H21FN2O. The molecule has 0 saturated heterocycles. The van der Waals surface area contributed by atoms with Gasteiger partial charge >= 0.3 is 0 Å². The lowest BCUT2D eigenvalue weighted by Crippen LogP contribution is -2.36. The maximum absolute atomic E-state index is 13.2. The molecule has 0 spiro atoms. The zero-order chi connectivity index (χ0) is 14.5. The zero-order valence-electron chi connectivity index (χ0n) is 11.9. The van der Waals surface area contributed by atoms with Gasteiger partial charge in [-0.05, 0) is 55.5 Å². The molecule has 0 amide bonds. The third-order valence-corrected chi connectivity index (χ3v) is 3.42. The summed E-state index contributed by atoms with van der Waals surface area (Å²) in [7, 11) is 0. The summed E-state index contributed by atoms with van der Waals surface area (Å²) in [5.41, 5.74) is 2.43. The molecule has 0 saturated carbocycles. The number of phenols is 1. The molecule has 20 heavy (non-hydrogen) atoms. The largest absolute Gasteiger partial charge is 0.508 e. The normalized spacial score (nSPS) is 20.4. The lowest BCUT2D eigenvalue weighted by Gasteiger charge is -2.15. The average molecular weight is 276 g/mol. The Balaban J connectivity index is 1.88. The van der Waals surface area contributed by atoms with E-state index in [4.69, 9.17) is 0 Å². The average Bonchev–Trinajstić information content (AvgIpc) is 2.78. The van der Waals surface area contributed by atoms with E-state index in [2.05, 4.69) is 10.3 Å². The first-order valence-electron chi connectivity index (χ1n) is 7.04. The SMILES string of the molecule is CC/C=C(/F)C=NC(C)N[C@@H]1Cc2ccc(O)cc2C1. The highest BCUT2D eigenvalue weighted by Crippen LogP contribution is 2.26. The Kier molecular flexibility index (Phi) is 4.90. The van der Waals surface area contributed by atoms with Crippen LogP contribution >= 0.6 is 0 Å². The van der Waals surface area contributed by atoms with Crippen LogP contribution in [-0.2, 0) is 12.8 Å². The second-order valence-electron chi connectivity index (χ2n) is 5.18. The molecule has 2 N–H and O–H groups in total. The molecule has 3 nitrogen and oxygen atoms in total. The molecule has 1 aliphatic rings.